The topological polar surface area (TPSA) is 113 Å². The van der Waals surface area contributed by atoms with E-state index in [1.54, 1.807) is 0 Å². The number of hydrogen-bond acceptors (Lipinski definition) is 5. The standard InChI is InChI=1S/C16H22N2O5S2/c1-16(2,3)10-17-25(22,23)14-9-8-11-12(15(14)19)6-5-7-13(11)18-24(4,20)21/h5-9,17-19H,10H2,1-4H3. The van der Waals surface area contributed by atoms with Crippen LogP contribution in [0, 0.1) is 5.41 Å². The molecule has 0 aliphatic heterocycles. The molecule has 0 aliphatic rings. The summed E-state index contributed by atoms with van der Waals surface area (Å²) >= 11 is 0. The van der Waals surface area contributed by atoms with Crippen LogP contribution in [0.4, 0.5) is 5.69 Å². The lowest BCUT2D eigenvalue weighted by atomic mass is 9.98. The molecule has 0 saturated carbocycles. The highest BCUT2D eigenvalue weighted by molar-refractivity contribution is 7.92. The van der Waals surface area contributed by atoms with E-state index in [-0.39, 0.29) is 27.9 Å². The average Bonchev–Trinajstić information content (AvgIpc) is 2.44. The van der Waals surface area contributed by atoms with Gasteiger partial charge in [-0.25, -0.2) is 21.6 Å². The van der Waals surface area contributed by atoms with Gasteiger partial charge in [-0.1, -0.05) is 39.0 Å². The Bertz CT molecular complexity index is 1010. The lowest BCUT2D eigenvalue weighted by molar-refractivity contribution is 0.406. The number of aromatic hydroxyl groups is 1. The second-order valence-electron chi connectivity index (χ2n) is 7.07. The highest BCUT2D eigenvalue weighted by atomic mass is 32.2. The van der Waals surface area contributed by atoms with Crippen LogP contribution in [0.2, 0.25) is 0 Å². The summed E-state index contributed by atoms with van der Waals surface area (Å²) in [6, 6.07) is 7.33. The molecule has 138 valence electrons. The molecule has 0 unspecified atom stereocenters. The number of anilines is 1. The quantitative estimate of drug-likeness (QED) is 0.729. The van der Waals surface area contributed by atoms with Gasteiger partial charge in [0, 0.05) is 17.3 Å². The Morgan fingerprint density at radius 3 is 2.20 bits per heavy atom. The van der Waals surface area contributed by atoms with Crippen molar-refractivity contribution in [3.8, 4) is 5.75 Å². The van der Waals surface area contributed by atoms with E-state index in [1.165, 1.54) is 30.3 Å². The van der Waals surface area contributed by atoms with Gasteiger partial charge in [-0.05, 0) is 17.5 Å². The summed E-state index contributed by atoms with van der Waals surface area (Å²) in [4.78, 5) is -0.249. The Balaban J connectivity index is 2.54. The molecule has 0 atom stereocenters. The molecule has 0 aliphatic carbocycles. The Kier molecular flexibility index (Phi) is 5.04. The first-order chi connectivity index (χ1) is 11.3. The number of phenolic OH excluding ortho intramolecular Hbond substituents is 1. The summed E-state index contributed by atoms with van der Waals surface area (Å²) in [5.41, 5.74) is 0.00782. The van der Waals surface area contributed by atoms with E-state index < -0.39 is 25.8 Å². The normalized spacial score (nSPS) is 13.1. The first-order valence-corrected chi connectivity index (χ1v) is 10.9. The van der Waals surface area contributed by atoms with Gasteiger partial charge in [-0.2, -0.15) is 0 Å². The van der Waals surface area contributed by atoms with E-state index in [0.29, 0.717) is 5.39 Å². The highest BCUT2D eigenvalue weighted by Gasteiger charge is 2.23. The largest absolute Gasteiger partial charge is 0.506 e. The molecule has 9 heteroatoms. The monoisotopic (exact) mass is 386 g/mol. The van der Waals surface area contributed by atoms with Crippen LogP contribution in [-0.2, 0) is 20.0 Å². The SMILES string of the molecule is CC(C)(C)CNS(=O)(=O)c1ccc2c(NS(C)(=O)=O)cccc2c1O. The molecule has 2 aromatic rings. The summed E-state index contributed by atoms with van der Waals surface area (Å²) in [6.45, 7) is 5.87. The molecule has 7 nitrogen and oxygen atoms in total. The third kappa shape index (κ3) is 4.83. The second kappa shape index (κ2) is 6.47. The van der Waals surface area contributed by atoms with E-state index in [0.717, 1.165) is 6.26 Å². The van der Waals surface area contributed by atoms with E-state index in [1.807, 2.05) is 20.8 Å². The summed E-state index contributed by atoms with van der Waals surface area (Å²) in [7, 11) is -7.41. The maximum atomic E-state index is 12.5. The lowest BCUT2D eigenvalue weighted by Crippen LogP contribution is -2.32. The zero-order chi connectivity index (χ0) is 19.0. The van der Waals surface area contributed by atoms with Gasteiger partial charge in [-0.3, -0.25) is 4.72 Å². The molecule has 3 N–H and O–H groups in total. The molecule has 2 aromatic carbocycles. The first-order valence-electron chi connectivity index (χ1n) is 7.52. The molecule has 0 spiro atoms. The number of benzene rings is 2. The lowest BCUT2D eigenvalue weighted by Gasteiger charge is -2.19. The number of hydrogen-bond donors (Lipinski definition) is 3. The van der Waals surface area contributed by atoms with Gasteiger partial charge in [-0.15, -0.1) is 0 Å². The molecule has 0 bridgehead atoms. The fraction of sp³-hybridized carbons (Fsp3) is 0.375. The zero-order valence-electron chi connectivity index (χ0n) is 14.5. The van der Waals surface area contributed by atoms with E-state index >= 15 is 0 Å². The third-order valence-electron chi connectivity index (χ3n) is 3.37. The summed E-state index contributed by atoms with van der Waals surface area (Å²) in [5, 5.41) is 11.1. The van der Waals surface area contributed by atoms with Crippen LogP contribution in [0.5, 0.6) is 5.75 Å². The molecule has 0 saturated heterocycles. The fourth-order valence-electron chi connectivity index (χ4n) is 2.22. The minimum Gasteiger partial charge on any atom is -0.506 e. The van der Waals surface area contributed by atoms with Crippen molar-refractivity contribution in [2.75, 3.05) is 17.5 Å². The fourth-order valence-corrected chi connectivity index (χ4v) is 4.18. The maximum Gasteiger partial charge on any atom is 0.244 e. The number of rotatable bonds is 5. The molecule has 0 fully saturated rings. The molecular formula is C16H22N2O5S2. The summed E-state index contributed by atoms with van der Waals surface area (Å²) in [5.74, 6) is -0.420. The minimum atomic E-state index is -3.90. The van der Waals surface area contributed by atoms with Gasteiger partial charge in [0.05, 0.1) is 11.9 Å². The van der Waals surface area contributed by atoms with Crippen LogP contribution < -0.4 is 9.44 Å². The van der Waals surface area contributed by atoms with E-state index in [9.17, 15) is 21.9 Å². The molecule has 0 radical (unpaired) electrons. The summed E-state index contributed by atoms with van der Waals surface area (Å²) < 4.78 is 52.7. The van der Waals surface area contributed by atoms with Crippen molar-refractivity contribution in [1.82, 2.24) is 4.72 Å². The Labute approximate surface area is 148 Å². The second-order valence-corrected chi connectivity index (χ2v) is 10.6. The predicted octanol–water partition coefficient (Wildman–Crippen LogP) is 2.24. The number of sulfonamides is 2. The van der Waals surface area contributed by atoms with Crippen LogP contribution in [-0.4, -0.2) is 34.7 Å². The van der Waals surface area contributed by atoms with Crippen LogP contribution in [0.25, 0.3) is 10.8 Å². The number of nitrogens with one attached hydrogen (secondary N) is 2. The van der Waals surface area contributed by atoms with Gasteiger partial charge in [0.2, 0.25) is 20.0 Å². The first kappa shape index (κ1) is 19.5. The van der Waals surface area contributed by atoms with Crippen LogP contribution in [0.15, 0.2) is 35.2 Å². The highest BCUT2D eigenvalue weighted by Crippen LogP contribution is 2.35. The van der Waals surface area contributed by atoms with Crippen molar-refractivity contribution in [2.45, 2.75) is 25.7 Å². The van der Waals surface area contributed by atoms with E-state index in [2.05, 4.69) is 9.44 Å². The van der Waals surface area contributed by atoms with Crippen molar-refractivity contribution in [3.05, 3.63) is 30.3 Å². The van der Waals surface area contributed by atoms with Gasteiger partial charge >= 0.3 is 0 Å². The molecule has 0 aromatic heterocycles. The predicted molar refractivity (Wildman–Crippen MR) is 98.7 cm³/mol. The summed E-state index contributed by atoms with van der Waals surface area (Å²) in [6.07, 6.45) is 1.01. The molecule has 25 heavy (non-hydrogen) atoms. The Morgan fingerprint density at radius 2 is 1.64 bits per heavy atom. The average molecular weight is 386 g/mol. The van der Waals surface area contributed by atoms with Gasteiger partial charge in [0.25, 0.3) is 0 Å². The smallest absolute Gasteiger partial charge is 0.244 e. The number of phenols is 1. The maximum absolute atomic E-state index is 12.5. The molecule has 0 amide bonds. The number of fused-ring (bicyclic) bond motifs is 1. The van der Waals surface area contributed by atoms with Crippen LogP contribution >= 0.6 is 0 Å². The van der Waals surface area contributed by atoms with Crippen molar-refractivity contribution in [1.29, 1.82) is 0 Å². The minimum absolute atomic E-state index is 0.211. The van der Waals surface area contributed by atoms with Crippen molar-refractivity contribution >= 4 is 36.5 Å². The van der Waals surface area contributed by atoms with Crippen molar-refractivity contribution in [2.24, 2.45) is 5.41 Å². The molecule has 2 rings (SSSR count). The molecular weight excluding hydrogens is 364 g/mol. The van der Waals surface area contributed by atoms with Gasteiger partial charge in [0.1, 0.15) is 10.6 Å². The van der Waals surface area contributed by atoms with Gasteiger partial charge in [0.15, 0.2) is 0 Å². The van der Waals surface area contributed by atoms with Crippen molar-refractivity contribution in [3.63, 3.8) is 0 Å². The van der Waals surface area contributed by atoms with E-state index in [4.69, 9.17) is 0 Å². The van der Waals surface area contributed by atoms with Crippen molar-refractivity contribution < 1.29 is 21.9 Å². The van der Waals surface area contributed by atoms with Crippen LogP contribution in [0.1, 0.15) is 20.8 Å². The molecule has 0 heterocycles. The van der Waals surface area contributed by atoms with Gasteiger partial charge < -0.3 is 5.11 Å². The Hall–Kier alpha value is -1.84. The Morgan fingerprint density at radius 1 is 1.00 bits per heavy atom. The zero-order valence-corrected chi connectivity index (χ0v) is 16.1. The third-order valence-corrected chi connectivity index (χ3v) is 5.40. The van der Waals surface area contributed by atoms with Crippen LogP contribution in [0.3, 0.4) is 0 Å².